The lowest BCUT2D eigenvalue weighted by molar-refractivity contribution is 0.267. The molecular formula is C6H12N4. The summed E-state index contributed by atoms with van der Waals surface area (Å²) in [5, 5.41) is 7.25. The third-order valence-corrected chi connectivity index (χ3v) is 1.84. The molecule has 0 aromatic carbocycles. The molecule has 0 radical (unpaired) electrons. The second kappa shape index (κ2) is 2.36. The van der Waals surface area contributed by atoms with Gasteiger partial charge < -0.3 is 0 Å². The lowest BCUT2D eigenvalue weighted by atomic mass is 10.00. The Hall–Kier alpha value is -0.930. The van der Waals surface area contributed by atoms with Crippen molar-refractivity contribution in [2.75, 3.05) is 0 Å². The molecule has 0 bridgehead atoms. The van der Waals surface area contributed by atoms with Crippen LogP contribution in [0.2, 0.25) is 0 Å². The predicted molar refractivity (Wildman–Crippen MR) is 39.7 cm³/mol. The van der Waals surface area contributed by atoms with Gasteiger partial charge in [0.25, 0.3) is 0 Å². The summed E-state index contributed by atoms with van der Waals surface area (Å²) in [6.07, 6.45) is 1.48. The highest BCUT2D eigenvalue weighted by Gasteiger charge is 2.27. The van der Waals surface area contributed by atoms with Crippen molar-refractivity contribution >= 4 is 6.34 Å². The lowest BCUT2D eigenvalue weighted by Gasteiger charge is -2.29. The Morgan fingerprint density at radius 2 is 2.20 bits per heavy atom. The molecule has 1 aliphatic rings. The molecule has 10 heavy (non-hydrogen) atoms. The van der Waals surface area contributed by atoms with Gasteiger partial charge in [0.2, 0.25) is 0 Å². The summed E-state index contributed by atoms with van der Waals surface area (Å²) in [5.74, 6) is 0.419. The molecule has 0 spiro atoms. The molecule has 4 nitrogen and oxygen atoms in total. The Morgan fingerprint density at radius 1 is 1.50 bits per heavy atom. The molecular weight excluding hydrogens is 128 g/mol. The van der Waals surface area contributed by atoms with Crippen LogP contribution >= 0.6 is 0 Å². The van der Waals surface area contributed by atoms with E-state index in [0.29, 0.717) is 5.92 Å². The maximum atomic E-state index is 4.16. The van der Waals surface area contributed by atoms with E-state index in [-0.39, 0.29) is 5.66 Å². The van der Waals surface area contributed by atoms with E-state index in [2.05, 4.69) is 34.6 Å². The highest BCUT2D eigenvalue weighted by atomic mass is 15.5. The lowest BCUT2D eigenvalue weighted by Crippen LogP contribution is -2.43. The molecule has 1 atom stereocenters. The van der Waals surface area contributed by atoms with Gasteiger partial charge in [-0.3, -0.25) is 5.43 Å². The number of nitrogens with zero attached hydrogens (tertiary/aromatic N) is 3. The second-order valence-corrected chi connectivity index (χ2v) is 2.87. The zero-order valence-electron chi connectivity index (χ0n) is 6.50. The smallest absolute Gasteiger partial charge is 0.147 e. The molecule has 4 heteroatoms. The fourth-order valence-corrected chi connectivity index (χ4v) is 0.609. The summed E-state index contributed by atoms with van der Waals surface area (Å²) >= 11 is 0. The number of hydrogen-bond donors (Lipinski definition) is 1. The molecule has 0 aromatic rings. The van der Waals surface area contributed by atoms with Gasteiger partial charge in [-0.1, -0.05) is 19.1 Å². The molecule has 1 unspecified atom stereocenters. The van der Waals surface area contributed by atoms with Crippen LogP contribution in [0.5, 0.6) is 0 Å². The van der Waals surface area contributed by atoms with E-state index in [9.17, 15) is 0 Å². The van der Waals surface area contributed by atoms with E-state index in [1.165, 1.54) is 6.34 Å². The van der Waals surface area contributed by atoms with E-state index < -0.39 is 0 Å². The topological polar surface area (TPSA) is 49.1 Å². The van der Waals surface area contributed by atoms with E-state index in [1.54, 1.807) is 0 Å². The van der Waals surface area contributed by atoms with Crippen molar-refractivity contribution in [2.45, 2.75) is 26.4 Å². The summed E-state index contributed by atoms with van der Waals surface area (Å²) < 4.78 is 0. The monoisotopic (exact) mass is 140 g/mol. The Labute approximate surface area is 60.4 Å². The van der Waals surface area contributed by atoms with Crippen molar-refractivity contribution in [3.63, 3.8) is 0 Å². The third kappa shape index (κ3) is 1.15. The van der Waals surface area contributed by atoms with Gasteiger partial charge in [0.1, 0.15) is 12.0 Å². The van der Waals surface area contributed by atoms with Crippen LogP contribution < -0.4 is 5.43 Å². The Kier molecular flexibility index (Phi) is 1.70. The molecule has 0 amide bonds. The number of rotatable bonds is 1. The highest BCUT2D eigenvalue weighted by molar-refractivity contribution is 5.55. The summed E-state index contributed by atoms with van der Waals surface area (Å²) in [4.78, 5) is 4.16. The van der Waals surface area contributed by atoms with Crippen LogP contribution in [0.4, 0.5) is 0 Å². The fraction of sp³-hybridized carbons (Fsp3) is 0.833. The van der Waals surface area contributed by atoms with Crippen LogP contribution in [0, 0.1) is 5.92 Å². The van der Waals surface area contributed by atoms with Gasteiger partial charge in [0, 0.05) is 0 Å². The van der Waals surface area contributed by atoms with Crippen molar-refractivity contribution in [1.29, 1.82) is 0 Å². The Morgan fingerprint density at radius 3 is 2.50 bits per heavy atom. The highest BCUT2D eigenvalue weighted by Crippen LogP contribution is 2.18. The van der Waals surface area contributed by atoms with Gasteiger partial charge in [0.15, 0.2) is 0 Å². The zero-order chi connectivity index (χ0) is 7.61. The first-order valence-corrected chi connectivity index (χ1v) is 3.36. The van der Waals surface area contributed by atoms with Crippen LogP contribution in [0.3, 0.4) is 0 Å². The first-order valence-electron chi connectivity index (χ1n) is 3.36. The molecule has 0 saturated carbocycles. The van der Waals surface area contributed by atoms with Crippen LogP contribution in [0.1, 0.15) is 20.8 Å². The van der Waals surface area contributed by atoms with E-state index in [4.69, 9.17) is 0 Å². The van der Waals surface area contributed by atoms with Crippen molar-refractivity contribution < 1.29 is 0 Å². The normalized spacial score (nSPS) is 30.8. The molecule has 1 N–H and O–H groups in total. The van der Waals surface area contributed by atoms with Gasteiger partial charge in [-0.05, 0) is 12.8 Å². The standard InChI is InChI=1S/C6H12N4/c1-5(2)6(3)7-4-8-10-9-6/h4-5H,1-3H3,(H,7,8,9). The quantitative estimate of drug-likeness (QED) is 0.587. The molecule has 1 rings (SSSR count). The molecule has 56 valence electrons. The van der Waals surface area contributed by atoms with Crippen LogP contribution in [0.15, 0.2) is 15.3 Å². The number of aliphatic imine (C=N–C) groups is 1. The molecule has 1 heterocycles. The molecule has 1 aliphatic heterocycles. The predicted octanol–water partition coefficient (Wildman–Crippen LogP) is 1.36. The first-order chi connectivity index (χ1) is 4.65. The molecule has 0 aliphatic carbocycles. The number of hydrogen-bond acceptors (Lipinski definition) is 4. The summed E-state index contributed by atoms with van der Waals surface area (Å²) in [6, 6.07) is 0. The maximum Gasteiger partial charge on any atom is 0.147 e. The largest absolute Gasteiger partial charge is 0.265 e. The number of nitrogens with one attached hydrogen (secondary N) is 1. The average Bonchev–Trinajstić information content (AvgIpc) is 1.89. The van der Waals surface area contributed by atoms with Crippen molar-refractivity contribution in [3.05, 3.63) is 0 Å². The van der Waals surface area contributed by atoms with Gasteiger partial charge >= 0.3 is 0 Å². The van der Waals surface area contributed by atoms with Crippen LogP contribution in [-0.4, -0.2) is 12.0 Å². The van der Waals surface area contributed by atoms with Crippen molar-refractivity contribution in [3.8, 4) is 0 Å². The SMILES string of the molecule is CC(C)C1(C)N=CN=NN1. The third-order valence-electron chi connectivity index (χ3n) is 1.84. The minimum Gasteiger partial charge on any atom is -0.265 e. The van der Waals surface area contributed by atoms with Gasteiger partial charge in [-0.25, -0.2) is 4.99 Å². The molecule has 0 aromatic heterocycles. The molecule has 0 fully saturated rings. The summed E-state index contributed by atoms with van der Waals surface area (Å²) in [6.45, 7) is 6.17. The minimum atomic E-state index is -0.262. The average molecular weight is 140 g/mol. The van der Waals surface area contributed by atoms with Crippen molar-refractivity contribution in [1.82, 2.24) is 5.43 Å². The van der Waals surface area contributed by atoms with E-state index in [0.717, 1.165) is 0 Å². The van der Waals surface area contributed by atoms with Gasteiger partial charge in [-0.15, -0.1) is 5.11 Å². The van der Waals surface area contributed by atoms with Crippen molar-refractivity contribution in [2.24, 2.45) is 21.2 Å². The Bertz CT molecular complexity index is 173. The second-order valence-electron chi connectivity index (χ2n) is 2.87. The van der Waals surface area contributed by atoms with Crippen LogP contribution in [0.25, 0.3) is 0 Å². The Balaban J connectivity index is 2.70. The van der Waals surface area contributed by atoms with Gasteiger partial charge in [0.05, 0.1) is 0 Å². The zero-order valence-corrected chi connectivity index (χ0v) is 6.50. The van der Waals surface area contributed by atoms with E-state index >= 15 is 0 Å². The maximum absolute atomic E-state index is 4.16. The minimum absolute atomic E-state index is 0.262. The van der Waals surface area contributed by atoms with E-state index in [1.807, 2.05) is 6.92 Å². The fourth-order valence-electron chi connectivity index (χ4n) is 0.609. The molecule has 0 saturated heterocycles. The van der Waals surface area contributed by atoms with Crippen LogP contribution in [-0.2, 0) is 0 Å². The summed E-state index contributed by atoms with van der Waals surface area (Å²) in [5.41, 5.74) is 2.59. The first kappa shape index (κ1) is 7.18. The summed E-state index contributed by atoms with van der Waals surface area (Å²) in [7, 11) is 0. The van der Waals surface area contributed by atoms with Gasteiger partial charge in [-0.2, -0.15) is 0 Å².